The Kier molecular flexibility index (Phi) is 4.37. The van der Waals surface area contributed by atoms with Crippen LogP contribution in [0.2, 0.25) is 0 Å². The number of aryl methyl sites for hydroxylation is 1. The Morgan fingerprint density at radius 1 is 1.33 bits per heavy atom. The summed E-state index contributed by atoms with van der Waals surface area (Å²) in [5.74, 6) is 0. The van der Waals surface area contributed by atoms with E-state index in [4.69, 9.17) is 0 Å². The Morgan fingerprint density at radius 3 is 2.61 bits per heavy atom. The molecule has 0 aliphatic carbocycles. The zero-order valence-electron chi connectivity index (χ0n) is 10.6. The van der Waals surface area contributed by atoms with Crippen LogP contribution in [0.15, 0.2) is 29.2 Å². The summed E-state index contributed by atoms with van der Waals surface area (Å²) in [5.41, 5.74) is 1.18. The van der Waals surface area contributed by atoms with Crippen LogP contribution in [0.25, 0.3) is 0 Å². The van der Waals surface area contributed by atoms with Gasteiger partial charge in [0.1, 0.15) is 0 Å². The molecule has 1 heterocycles. The third-order valence-electron chi connectivity index (χ3n) is 3.15. The molecule has 5 heteroatoms. The number of rotatable bonds is 5. The molecule has 0 amide bonds. The third-order valence-corrected chi connectivity index (χ3v) is 4.69. The second-order valence-electron chi connectivity index (χ2n) is 4.70. The van der Waals surface area contributed by atoms with Crippen molar-refractivity contribution in [2.24, 2.45) is 0 Å². The van der Waals surface area contributed by atoms with E-state index in [0.717, 1.165) is 25.8 Å². The van der Waals surface area contributed by atoms with Crippen molar-refractivity contribution in [3.8, 4) is 0 Å². The summed E-state index contributed by atoms with van der Waals surface area (Å²) >= 11 is 0. The number of nitrogens with one attached hydrogen (secondary N) is 2. The van der Waals surface area contributed by atoms with Crippen molar-refractivity contribution >= 4 is 10.0 Å². The highest BCUT2D eigenvalue weighted by molar-refractivity contribution is 7.89. The normalized spacial score (nSPS) is 20.2. The van der Waals surface area contributed by atoms with Crippen LogP contribution in [0, 0.1) is 0 Å². The second kappa shape index (κ2) is 5.82. The van der Waals surface area contributed by atoms with Gasteiger partial charge < -0.3 is 5.32 Å². The zero-order chi connectivity index (χ0) is 13.0. The lowest BCUT2D eigenvalue weighted by molar-refractivity contribution is 0.560. The van der Waals surface area contributed by atoms with Crippen molar-refractivity contribution in [1.29, 1.82) is 0 Å². The van der Waals surface area contributed by atoms with Crippen molar-refractivity contribution in [2.45, 2.75) is 37.1 Å². The Hall–Kier alpha value is -0.910. The maximum Gasteiger partial charge on any atom is 0.240 e. The van der Waals surface area contributed by atoms with Crippen molar-refractivity contribution in [1.82, 2.24) is 10.0 Å². The van der Waals surface area contributed by atoms with Gasteiger partial charge in [0.25, 0.3) is 0 Å². The van der Waals surface area contributed by atoms with E-state index >= 15 is 0 Å². The minimum absolute atomic E-state index is 0.0188. The van der Waals surface area contributed by atoms with Crippen LogP contribution in [0.1, 0.15) is 25.3 Å². The number of sulfonamides is 1. The maximum absolute atomic E-state index is 12.1. The molecule has 18 heavy (non-hydrogen) atoms. The van der Waals surface area contributed by atoms with E-state index in [9.17, 15) is 8.42 Å². The molecule has 1 fully saturated rings. The predicted molar refractivity (Wildman–Crippen MR) is 72.0 cm³/mol. The highest BCUT2D eigenvalue weighted by atomic mass is 32.2. The van der Waals surface area contributed by atoms with Gasteiger partial charge >= 0.3 is 0 Å². The van der Waals surface area contributed by atoms with Gasteiger partial charge in [0.05, 0.1) is 4.90 Å². The van der Waals surface area contributed by atoms with E-state index in [1.54, 1.807) is 12.1 Å². The SMILES string of the molecule is CCCc1ccc(S(=O)(=O)N[C@H]2CCNC2)cc1. The molecule has 1 aromatic carbocycles. The lowest BCUT2D eigenvalue weighted by atomic mass is 10.1. The topological polar surface area (TPSA) is 58.2 Å². The van der Waals surface area contributed by atoms with Gasteiger partial charge in [0.15, 0.2) is 0 Å². The molecule has 0 saturated carbocycles. The minimum atomic E-state index is -3.37. The van der Waals surface area contributed by atoms with Crippen LogP contribution < -0.4 is 10.0 Å². The fourth-order valence-electron chi connectivity index (χ4n) is 2.17. The average molecular weight is 268 g/mol. The first kappa shape index (κ1) is 13.5. The molecular weight excluding hydrogens is 248 g/mol. The van der Waals surface area contributed by atoms with E-state index < -0.39 is 10.0 Å². The van der Waals surface area contributed by atoms with Crippen molar-refractivity contribution in [3.63, 3.8) is 0 Å². The van der Waals surface area contributed by atoms with Crippen LogP contribution >= 0.6 is 0 Å². The molecule has 1 aliphatic heterocycles. The maximum atomic E-state index is 12.1. The fourth-order valence-corrected chi connectivity index (χ4v) is 3.44. The summed E-state index contributed by atoms with van der Waals surface area (Å²) in [5, 5.41) is 3.15. The van der Waals surface area contributed by atoms with Crippen LogP contribution in [-0.2, 0) is 16.4 Å². The molecule has 1 saturated heterocycles. The molecular formula is C13H20N2O2S. The van der Waals surface area contributed by atoms with Crippen LogP contribution in [-0.4, -0.2) is 27.5 Å². The summed E-state index contributed by atoms with van der Waals surface area (Å²) < 4.78 is 27.0. The first-order chi connectivity index (χ1) is 8.62. The smallest absolute Gasteiger partial charge is 0.240 e. The highest BCUT2D eigenvalue weighted by Crippen LogP contribution is 2.13. The lowest BCUT2D eigenvalue weighted by Gasteiger charge is -2.12. The lowest BCUT2D eigenvalue weighted by Crippen LogP contribution is -2.36. The molecule has 0 bridgehead atoms. The van der Waals surface area contributed by atoms with Gasteiger partial charge in [0.2, 0.25) is 10.0 Å². The van der Waals surface area contributed by atoms with Crippen LogP contribution in [0.4, 0.5) is 0 Å². The summed E-state index contributed by atoms with van der Waals surface area (Å²) in [6, 6.07) is 7.19. The van der Waals surface area contributed by atoms with Gasteiger partial charge in [-0.3, -0.25) is 0 Å². The molecule has 4 nitrogen and oxygen atoms in total. The fraction of sp³-hybridized carbons (Fsp3) is 0.538. The second-order valence-corrected chi connectivity index (χ2v) is 6.42. The Bertz CT molecular complexity index is 476. The predicted octanol–water partition coefficient (Wildman–Crippen LogP) is 1.28. The van der Waals surface area contributed by atoms with E-state index in [1.807, 2.05) is 12.1 Å². The van der Waals surface area contributed by atoms with E-state index in [0.29, 0.717) is 11.4 Å². The number of hydrogen-bond donors (Lipinski definition) is 2. The summed E-state index contributed by atoms with van der Waals surface area (Å²) in [4.78, 5) is 0.356. The van der Waals surface area contributed by atoms with Gasteiger partial charge in [-0.05, 0) is 37.1 Å². The molecule has 1 aliphatic rings. The van der Waals surface area contributed by atoms with E-state index in [1.165, 1.54) is 5.56 Å². The third kappa shape index (κ3) is 3.31. The van der Waals surface area contributed by atoms with E-state index in [2.05, 4.69) is 17.0 Å². The molecule has 0 radical (unpaired) electrons. The van der Waals surface area contributed by atoms with Crippen molar-refractivity contribution in [3.05, 3.63) is 29.8 Å². The average Bonchev–Trinajstić information content (AvgIpc) is 2.82. The Morgan fingerprint density at radius 2 is 2.06 bits per heavy atom. The van der Waals surface area contributed by atoms with Gasteiger partial charge in [-0.15, -0.1) is 0 Å². The molecule has 0 aromatic heterocycles. The zero-order valence-corrected chi connectivity index (χ0v) is 11.5. The minimum Gasteiger partial charge on any atom is -0.315 e. The largest absolute Gasteiger partial charge is 0.315 e. The standard InChI is InChI=1S/C13H20N2O2S/c1-2-3-11-4-6-13(7-5-11)18(16,17)15-12-8-9-14-10-12/h4-7,12,14-15H,2-3,8-10H2,1H3/t12-/m0/s1. The van der Waals surface area contributed by atoms with Crippen LogP contribution in [0.5, 0.6) is 0 Å². The van der Waals surface area contributed by atoms with Gasteiger partial charge in [-0.2, -0.15) is 0 Å². The molecule has 1 atom stereocenters. The highest BCUT2D eigenvalue weighted by Gasteiger charge is 2.22. The Balaban J connectivity index is 2.08. The van der Waals surface area contributed by atoms with Gasteiger partial charge in [-0.25, -0.2) is 13.1 Å². The van der Waals surface area contributed by atoms with Crippen LogP contribution in [0.3, 0.4) is 0 Å². The summed E-state index contributed by atoms with van der Waals surface area (Å²) in [6.45, 7) is 3.70. The number of benzene rings is 1. The first-order valence-electron chi connectivity index (χ1n) is 6.44. The first-order valence-corrected chi connectivity index (χ1v) is 7.92. The van der Waals surface area contributed by atoms with Gasteiger partial charge in [-0.1, -0.05) is 25.5 Å². The molecule has 2 N–H and O–H groups in total. The molecule has 0 spiro atoms. The molecule has 0 unspecified atom stereocenters. The Labute approximate surface area is 109 Å². The monoisotopic (exact) mass is 268 g/mol. The van der Waals surface area contributed by atoms with Gasteiger partial charge in [0, 0.05) is 12.6 Å². The van der Waals surface area contributed by atoms with Crippen molar-refractivity contribution in [2.75, 3.05) is 13.1 Å². The van der Waals surface area contributed by atoms with Crippen molar-refractivity contribution < 1.29 is 8.42 Å². The number of hydrogen-bond acceptors (Lipinski definition) is 3. The molecule has 2 rings (SSSR count). The quantitative estimate of drug-likeness (QED) is 0.846. The molecule has 100 valence electrons. The van der Waals surface area contributed by atoms with E-state index in [-0.39, 0.29) is 6.04 Å². The molecule has 1 aromatic rings. The summed E-state index contributed by atoms with van der Waals surface area (Å²) in [7, 11) is -3.37. The summed E-state index contributed by atoms with van der Waals surface area (Å²) in [6.07, 6.45) is 2.91.